The van der Waals surface area contributed by atoms with Gasteiger partial charge in [0.05, 0.1) is 10.4 Å². The van der Waals surface area contributed by atoms with E-state index in [1.165, 1.54) is 12.1 Å². The van der Waals surface area contributed by atoms with Crippen molar-refractivity contribution < 1.29 is 14.5 Å². The predicted octanol–water partition coefficient (Wildman–Crippen LogP) is 2.83. The molecule has 0 spiro atoms. The lowest BCUT2D eigenvalue weighted by atomic mass is 9.92. The monoisotopic (exact) mass is 274 g/mol. The summed E-state index contributed by atoms with van der Waals surface area (Å²) in [6, 6.07) is 4.45. The number of Topliss-reactive ketones (excluding diaryl/α,β-unsaturated/α-hetero) is 1. The first kappa shape index (κ1) is 12.8. The molecule has 0 aliphatic carbocycles. The quantitative estimate of drug-likeness (QED) is 0.529. The number of aromatic nitrogens is 1. The molecule has 0 saturated carbocycles. The Morgan fingerprint density at radius 1 is 1.50 bits per heavy atom. The van der Waals surface area contributed by atoms with Crippen LogP contribution >= 0.6 is 0 Å². The summed E-state index contributed by atoms with van der Waals surface area (Å²) in [5.41, 5.74) is 0.335. The van der Waals surface area contributed by atoms with Crippen molar-refractivity contribution in [3.63, 3.8) is 0 Å². The SMILES string of the molecule is CC1(C(=O)c2c[nH]c3cc([N+](=O)[O-])ccc23)CCCO1. The molecule has 104 valence electrons. The van der Waals surface area contributed by atoms with Crippen LogP contribution < -0.4 is 0 Å². The number of ketones is 1. The molecule has 1 aliphatic rings. The molecule has 2 heterocycles. The minimum atomic E-state index is -0.781. The number of rotatable bonds is 3. The summed E-state index contributed by atoms with van der Waals surface area (Å²) in [6.45, 7) is 2.39. The van der Waals surface area contributed by atoms with E-state index in [0.29, 0.717) is 29.5 Å². The van der Waals surface area contributed by atoms with Gasteiger partial charge in [-0.3, -0.25) is 14.9 Å². The number of ether oxygens (including phenoxy) is 1. The van der Waals surface area contributed by atoms with Crippen LogP contribution in [0.25, 0.3) is 10.9 Å². The fraction of sp³-hybridized carbons (Fsp3) is 0.357. The van der Waals surface area contributed by atoms with E-state index in [0.717, 1.165) is 6.42 Å². The molecule has 20 heavy (non-hydrogen) atoms. The molecule has 0 radical (unpaired) electrons. The minimum absolute atomic E-state index is 0.00155. The van der Waals surface area contributed by atoms with Gasteiger partial charge in [-0.2, -0.15) is 0 Å². The lowest BCUT2D eigenvalue weighted by Gasteiger charge is -2.20. The molecule has 1 fully saturated rings. The molecule has 1 aromatic heterocycles. The van der Waals surface area contributed by atoms with Crippen LogP contribution in [0.2, 0.25) is 0 Å². The number of nitro benzene ring substituents is 1. The van der Waals surface area contributed by atoms with Crippen molar-refractivity contribution in [1.82, 2.24) is 4.98 Å². The van der Waals surface area contributed by atoms with Gasteiger partial charge in [0.15, 0.2) is 5.78 Å². The predicted molar refractivity (Wildman–Crippen MR) is 72.9 cm³/mol. The Morgan fingerprint density at radius 2 is 2.30 bits per heavy atom. The second kappa shape index (κ2) is 4.42. The highest BCUT2D eigenvalue weighted by Crippen LogP contribution is 2.32. The number of nitro groups is 1. The number of carbonyl (C=O) groups is 1. The lowest BCUT2D eigenvalue weighted by molar-refractivity contribution is -0.384. The molecule has 3 rings (SSSR count). The third-order valence-electron chi connectivity index (χ3n) is 3.82. The van der Waals surface area contributed by atoms with Crippen molar-refractivity contribution in [3.05, 3.63) is 40.1 Å². The molecular weight excluding hydrogens is 260 g/mol. The second-order valence-electron chi connectivity index (χ2n) is 5.20. The van der Waals surface area contributed by atoms with Gasteiger partial charge >= 0.3 is 0 Å². The molecule has 6 heteroatoms. The Kier molecular flexibility index (Phi) is 2.83. The fourth-order valence-corrected chi connectivity index (χ4v) is 2.66. The number of non-ortho nitro benzene ring substituents is 1. The summed E-state index contributed by atoms with van der Waals surface area (Å²) < 4.78 is 5.57. The Labute approximate surface area is 114 Å². The van der Waals surface area contributed by atoms with Crippen LogP contribution in [0.3, 0.4) is 0 Å². The van der Waals surface area contributed by atoms with Crippen molar-refractivity contribution >= 4 is 22.4 Å². The van der Waals surface area contributed by atoms with E-state index >= 15 is 0 Å². The first-order valence-corrected chi connectivity index (χ1v) is 6.45. The highest BCUT2D eigenvalue weighted by molar-refractivity contribution is 6.12. The maximum absolute atomic E-state index is 12.6. The maximum Gasteiger partial charge on any atom is 0.271 e. The molecule has 1 aromatic carbocycles. The zero-order valence-electron chi connectivity index (χ0n) is 11.0. The number of aromatic amines is 1. The number of nitrogens with one attached hydrogen (secondary N) is 1. The fourth-order valence-electron chi connectivity index (χ4n) is 2.66. The Bertz CT molecular complexity index is 698. The normalized spacial score (nSPS) is 22.2. The van der Waals surface area contributed by atoms with Gasteiger partial charge in [0.1, 0.15) is 5.60 Å². The van der Waals surface area contributed by atoms with Gasteiger partial charge in [0.2, 0.25) is 0 Å². The summed E-state index contributed by atoms with van der Waals surface area (Å²) in [5.74, 6) is -0.0740. The van der Waals surface area contributed by atoms with E-state index < -0.39 is 10.5 Å². The van der Waals surface area contributed by atoms with Gasteiger partial charge in [-0.15, -0.1) is 0 Å². The van der Waals surface area contributed by atoms with Gasteiger partial charge in [-0.05, 0) is 25.8 Å². The number of fused-ring (bicyclic) bond motifs is 1. The van der Waals surface area contributed by atoms with Gasteiger partial charge in [0, 0.05) is 35.9 Å². The van der Waals surface area contributed by atoms with Gasteiger partial charge in [-0.25, -0.2) is 0 Å². The smallest absolute Gasteiger partial charge is 0.271 e. The third-order valence-corrected chi connectivity index (χ3v) is 3.82. The average molecular weight is 274 g/mol. The zero-order valence-corrected chi connectivity index (χ0v) is 11.0. The summed E-state index contributed by atoms with van der Waals surface area (Å²) in [6.07, 6.45) is 3.17. The van der Waals surface area contributed by atoms with Crippen LogP contribution in [0, 0.1) is 10.1 Å². The van der Waals surface area contributed by atoms with Crippen molar-refractivity contribution in [2.24, 2.45) is 0 Å². The molecule has 0 amide bonds. The molecule has 1 N–H and O–H groups in total. The number of nitrogens with zero attached hydrogens (tertiary/aromatic N) is 1. The van der Waals surface area contributed by atoms with Crippen LogP contribution in [0.5, 0.6) is 0 Å². The average Bonchev–Trinajstić information content (AvgIpc) is 3.04. The number of H-pyrrole nitrogens is 1. The molecule has 0 bridgehead atoms. The van der Waals surface area contributed by atoms with Crippen molar-refractivity contribution in [1.29, 1.82) is 0 Å². The highest BCUT2D eigenvalue weighted by atomic mass is 16.6. The van der Waals surface area contributed by atoms with E-state index in [-0.39, 0.29) is 11.5 Å². The summed E-state index contributed by atoms with van der Waals surface area (Å²) in [5, 5.41) is 11.4. The van der Waals surface area contributed by atoms with Gasteiger partial charge in [-0.1, -0.05) is 0 Å². The number of carbonyl (C=O) groups excluding carboxylic acids is 1. The lowest BCUT2D eigenvalue weighted by Crippen LogP contribution is -2.34. The Morgan fingerprint density at radius 3 is 2.95 bits per heavy atom. The molecular formula is C14H14N2O4. The third kappa shape index (κ3) is 1.89. The van der Waals surface area contributed by atoms with Crippen molar-refractivity contribution in [2.45, 2.75) is 25.4 Å². The van der Waals surface area contributed by atoms with Crippen LogP contribution in [0.1, 0.15) is 30.1 Å². The largest absolute Gasteiger partial charge is 0.367 e. The van der Waals surface area contributed by atoms with Crippen molar-refractivity contribution in [2.75, 3.05) is 6.61 Å². The Hall–Kier alpha value is -2.21. The number of hydrogen-bond acceptors (Lipinski definition) is 4. The van der Waals surface area contributed by atoms with E-state index in [9.17, 15) is 14.9 Å². The first-order valence-electron chi connectivity index (χ1n) is 6.45. The number of hydrogen-bond donors (Lipinski definition) is 1. The summed E-state index contributed by atoms with van der Waals surface area (Å²) >= 11 is 0. The maximum atomic E-state index is 12.6. The summed E-state index contributed by atoms with van der Waals surface area (Å²) in [7, 11) is 0. The molecule has 1 saturated heterocycles. The summed E-state index contributed by atoms with van der Waals surface area (Å²) in [4.78, 5) is 25.8. The molecule has 1 aliphatic heterocycles. The molecule has 1 unspecified atom stereocenters. The second-order valence-corrected chi connectivity index (χ2v) is 5.20. The van der Waals surface area contributed by atoms with Gasteiger partial charge < -0.3 is 9.72 Å². The topological polar surface area (TPSA) is 85.2 Å². The minimum Gasteiger partial charge on any atom is -0.367 e. The van der Waals surface area contributed by atoms with Crippen LogP contribution in [0.15, 0.2) is 24.4 Å². The van der Waals surface area contributed by atoms with E-state index in [4.69, 9.17) is 4.74 Å². The molecule has 2 aromatic rings. The van der Waals surface area contributed by atoms with Crippen LogP contribution in [0.4, 0.5) is 5.69 Å². The van der Waals surface area contributed by atoms with E-state index in [1.807, 2.05) is 0 Å². The van der Waals surface area contributed by atoms with E-state index in [1.54, 1.807) is 19.2 Å². The van der Waals surface area contributed by atoms with Crippen LogP contribution in [-0.4, -0.2) is 27.9 Å². The van der Waals surface area contributed by atoms with Crippen molar-refractivity contribution in [3.8, 4) is 0 Å². The van der Waals surface area contributed by atoms with Crippen LogP contribution in [-0.2, 0) is 4.74 Å². The highest BCUT2D eigenvalue weighted by Gasteiger charge is 2.39. The number of benzene rings is 1. The molecule has 1 atom stereocenters. The zero-order chi connectivity index (χ0) is 14.3. The standard InChI is InChI=1S/C14H14N2O4/c1-14(5-2-6-20-14)13(17)11-8-15-12-7-9(16(18)19)3-4-10(11)12/h3-4,7-8,15H,2,5-6H2,1H3. The Balaban J connectivity index is 2.04. The molecule has 6 nitrogen and oxygen atoms in total. The van der Waals surface area contributed by atoms with E-state index in [2.05, 4.69) is 4.98 Å². The first-order chi connectivity index (χ1) is 9.51. The van der Waals surface area contributed by atoms with Gasteiger partial charge in [0.25, 0.3) is 5.69 Å².